The zero-order valence-corrected chi connectivity index (χ0v) is 10.1. The Hall–Kier alpha value is -1.08. The van der Waals surface area contributed by atoms with E-state index in [1.54, 1.807) is 0 Å². The van der Waals surface area contributed by atoms with Crippen molar-refractivity contribution < 1.29 is 18.3 Å². The SMILES string of the molecule is OCCn1nc2cc(Br)ccc2c1C(F)(F)F. The predicted octanol–water partition coefficient (Wildman–Crippen LogP) is 2.81. The number of fused-ring (bicyclic) bond motifs is 1. The number of hydrogen-bond acceptors (Lipinski definition) is 2. The molecule has 1 heterocycles. The zero-order valence-electron chi connectivity index (χ0n) is 8.50. The summed E-state index contributed by atoms with van der Waals surface area (Å²) in [5, 5.41) is 12.6. The normalized spacial score (nSPS) is 12.3. The number of alkyl halides is 3. The van der Waals surface area contributed by atoms with Crippen LogP contribution in [0.3, 0.4) is 0 Å². The molecule has 0 bridgehead atoms. The maximum absolute atomic E-state index is 12.9. The summed E-state index contributed by atoms with van der Waals surface area (Å²) >= 11 is 3.18. The molecule has 0 spiro atoms. The number of aromatic nitrogens is 2. The molecule has 0 aliphatic rings. The number of aliphatic hydroxyl groups excluding tert-OH is 1. The Labute approximate surface area is 103 Å². The first-order valence-corrected chi connectivity index (χ1v) is 5.57. The summed E-state index contributed by atoms with van der Waals surface area (Å²) in [6, 6.07) is 4.41. The quantitative estimate of drug-likeness (QED) is 0.926. The lowest BCUT2D eigenvalue weighted by Gasteiger charge is -2.09. The molecule has 1 N–H and O–H groups in total. The first-order chi connectivity index (χ1) is 7.93. The molecule has 0 fully saturated rings. The van der Waals surface area contributed by atoms with Crippen molar-refractivity contribution in [3.8, 4) is 0 Å². The molecule has 0 saturated carbocycles. The van der Waals surface area contributed by atoms with Crippen LogP contribution >= 0.6 is 15.9 Å². The average molecular weight is 309 g/mol. The van der Waals surface area contributed by atoms with E-state index in [9.17, 15) is 13.2 Å². The number of rotatable bonds is 2. The van der Waals surface area contributed by atoms with E-state index in [2.05, 4.69) is 21.0 Å². The third-order valence-electron chi connectivity index (χ3n) is 2.28. The van der Waals surface area contributed by atoms with Crippen molar-refractivity contribution in [1.82, 2.24) is 9.78 Å². The van der Waals surface area contributed by atoms with Gasteiger partial charge in [-0.05, 0) is 18.2 Å². The lowest BCUT2D eigenvalue weighted by Crippen LogP contribution is -2.16. The highest BCUT2D eigenvalue weighted by Gasteiger charge is 2.37. The van der Waals surface area contributed by atoms with E-state index in [4.69, 9.17) is 5.11 Å². The van der Waals surface area contributed by atoms with Crippen LogP contribution in [0, 0.1) is 0 Å². The van der Waals surface area contributed by atoms with Crippen LogP contribution in [0.5, 0.6) is 0 Å². The van der Waals surface area contributed by atoms with Gasteiger partial charge >= 0.3 is 6.18 Å². The number of halogens is 4. The van der Waals surface area contributed by atoms with Crippen molar-refractivity contribution in [2.75, 3.05) is 6.61 Å². The van der Waals surface area contributed by atoms with Gasteiger partial charge in [0, 0.05) is 9.86 Å². The molecule has 2 rings (SSSR count). The minimum absolute atomic E-state index is 0.0363. The fourth-order valence-electron chi connectivity index (χ4n) is 1.66. The Kier molecular flexibility index (Phi) is 3.13. The van der Waals surface area contributed by atoms with E-state index < -0.39 is 18.5 Å². The Morgan fingerprint density at radius 3 is 2.65 bits per heavy atom. The van der Waals surface area contributed by atoms with Crippen molar-refractivity contribution in [1.29, 1.82) is 0 Å². The van der Waals surface area contributed by atoms with E-state index in [1.165, 1.54) is 18.2 Å². The van der Waals surface area contributed by atoms with E-state index in [0.29, 0.717) is 4.47 Å². The second-order valence-corrected chi connectivity index (χ2v) is 4.37. The van der Waals surface area contributed by atoms with Gasteiger partial charge < -0.3 is 5.11 Å². The minimum Gasteiger partial charge on any atom is -0.394 e. The Balaban J connectivity index is 2.71. The molecule has 7 heteroatoms. The Morgan fingerprint density at radius 2 is 2.06 bits per heavy atom. The van der Waals surface area contributed by atoms with Gasteiger partial charge in [0.05, 0.1) is 18.7 Å². The third kappa shape index (κ3) is 2.30. The minimum atomic E-state index is -4.49. The molecule has 3 nitrogen and oxygen atoms in total. The third-order valence-corrected chi connectivity index (χ3v) is 2.78. The standard InChI is InChI=1S/C10H8BrF3N2O/c11-6-1-2-7-8(5-6)15-16(3-4-17)9(7)10(12,13)14/h1-2,5,17H,3-4H2. The monoisotopic (exact) mass is 308 g/mol. The van der Waals surface area contributed by atoms with Gasteiger partial charge in [-0.3, -0.25) is 4.68 Å². The van der Waals surface area contributed by atoms with Gasteiger partial charge in [-0.1, -0.05) is 15.9 Å². The van der Waals surface area contributed by atoms with Crippen molar-refractivity contribution in [3.05, 3.63) is 28.4 Å². The van der Waals surface area contributed by atoms with Crippen LogP contribution < -0.4 is 0 Å². The topological polar surface area (TPSA) is 38.0 Å². The highest BCUT2D eigenvalue weighted by atomic mass is 79.9. The van der Waals surface area contributed by atoms with E-state index >= 15 is 0 Å². The lowest BCUT2D eigenvalue weighted by atomic mass is 10.2. The smallest absolute Gasteiger partial charge is 0.394 e. The Morgan fingerprint density at radius 1 is 1.35 bits per heavy atom. The van der Waals surface area contributed by atoms with Crippen LogP contribution in [-0.4, -0.2) is 21.5 Å². The maximum atomic E-state index is 12.9. The largest absolute Gasteiger partial charge is 0.433 e. The van der Waals surface area contributed by atoms with E-state index in [-0.39, 0.29) is 17.4 Å². The first-order valence-electron chi connectivity index (χ1n) is 4.77. The fraction of sp³-hybridized carbons (Fsp3) is 0.300. The molecule has 0 saturated heterocycles. The van der Waals surface area contributed by atoms with Gasteiger partial charge in [0.25, 0.3) is 0 Å². The van der Waals surface area contributed by atoms with Crippen LogP contribution in [0.2, 0.25) is 0 Å². The van der Waals surface area contributed by atoms with Gasteiger partial charge in [-0.2, -0.15) is 18.3 Å². The summed E-state index contributed by atoms with van der Waals surface area (Å²) in [5.41, 5.74) is -0.575. The van der Waals surface area contributed by atoms with Crippen LogP contribution in [0.4, 0.5) is 13.2 Å². The number of hydrogen-bond donors (Lipinski definition) is 1. The number of aliphatic hydroxyl groups is 1. The molecule has 92 valence electrons. The summed E-state index contributed by atoms with van der Waals surface area (Å²) in [6.07, 6.45) is -4.49. The van der Waals surface area contributed by atoms with Gasteiger partial charge in [0.2, 0.25) is 0 Å². The fourth-order valence-corrected chi connectivity index (χ4v) is 2.01. The average Bonchev–Trinajstić information content (AvgIpc) is 2.54. The summed E-state index contributed by atoms with van der Waals surface area (Å²) < 4.78 is 40.1. The molecular weight excluding hydrogens is 301 g/mol. The summed E-state index contributed by atoms with van der Waals surface area (Å²) in [6.45, 7) is -0.570. The predicted molar refractivity (Wildman–Crippen MR) is 59.5 cm³/mol. The maximum Gasteiger partial charge on any atom is 0.433 e. The molecule has 0 radical (unpaired) electrons. The van der Waals surface area contributed by atoms with Crippen molar-refractivity contribution >= 4 is 26.8 Å². The number of nitrogens with zero attached hydrogens (tertiary/aromatic N) is 2. The van der Waals surface area contributed by atoms with Crippen LogP contribution in [0.25, 0.3) is 10.9 Å². The van der Waals surface area contributed by atoms with Crippen molar-refractivity contribution in [3.63, 3.8) is 0 Å². The van der Waals surface area contributed by atoms with Crippen molar-refractivity contribution in [2.24, 2.45) is 0 Å². The highest BCUT2D eigenvalue weighted by Crippen LogP contribution is 2.35. The van der Waals surface area contributed by atoms with Crippen molar-refractivity contribution in [2.45, 2.75) is 12.7 Å². The van der Waals surface area contributed by atoms with Crippen LogP contribution in [-0.2, 0) is 12.7 Å². The molecule has 0 atom stereocenters. The second-order valence-electron chi connectivity index (χ2n) is 3.45. The molecule has 0 aliphatic carbocycles. The molecule has 0 amide bonds. The lowest BCUT2D eigenvalue weighted by molar-refractivity contribution is -0.143. The second kappa shape index (κ2) is 4.30. The van der Waals surface area contributed by atoms with Gasteiger partial charge in [0.1, 0.15) is 5.69 Å². The van der Waals surface area contributed by atoms with Gasteiger partial charge in [-0.15, -0.1) is 0 Å². The molecular formula is C10H8BrF3N2O. The summed E-state index contributed by atoms with van der Waals surface area (Å²) in [7, 11) is 0. The zero-order chi connectivity index (χ0) is 12.6. The summed E-state index contributed by atoms with van der Waals surface area (Å²) in [4.78, 5) is 0. The Bertz CT molecular complexity index is 550. The van der Waals surface area contributed by atoms with Crippen LogP contribution in [0.1, 0.15) is 5.69 Å². The first kappa shape index (κ1) is 12.4. The molecule has 1 aromatic carbocycles. The van der Waals surface area contributed by atoms with E-state index in [1.807, 2.05) is 0 Å². The molecule has 0 unspecified atom stereocenters. The molecule has 1 aromatic heterocycles. The highest BCUT2D eigenvalue weighted by molar-refractivity contribution is 9.10. The molecule has 2 aromatic rings. The van der Waals surface area contributed by atoms with Gasteiger partial charge in [-0.25, -0.2) is 0 Å². The van der Waals surface area contributed by atoms with Gasteiger partial charge in [0.15, 0.2) is 0 Å². The number of benzene rings is 1. The van der Waals surface area contributed by atoms with E-state index in [0.717, 1.165) is 4.68 Å². The molecule has 17 heavy (non-hydrogen) atoms. The van der Waals surface area contributed by atoms with Crippen LogP contribution in [0.15, 0.2) is 22.7 Å². The molecule has 0 aliphatic heterocycles. The summed E-state index contributed by atoms with van der Waals surface area (Å²) in [5.74, 6) is 0.